The summed E-state index contributed by atoms with van der Waals surface area (Å²) in [6.45, 7) is 0.701. The fourth-order valence-electron chi connectivity index (χ4n) is 1.30. The third-order valence-electron chi connectivity index (χ3n) is 2.43. The van der Waals surface area contributed by atoms with Gasteiger partial charge in [-0.25, -0.2) is 9.59 Å². The van der Waals surface area contributed by atoms with Gasteiger partial charge in [-0.3, -0.25) is 0 Å². The number of nitrogens with two attached hydrogens (primary N) is 1. The number of nitrogens with zero attached hydrogens (tertiary/aromatic N) is 2. The second kappa shape index (κ2) is 7.52. The third kappa shape index (κ3) is 4.98. The highest BCUT2D eigenvalue weighted by atomic mass is 16.4. The zero-order valence-electron chi connectivity index (χ0n) is 11.2. The number of aliphatic hydroxyl groups excluding tert-OH is 2. The highest BCUT2D eigenvalue weighted by Gasteiger charge is 2.25. The quantitative estimate of drug-likeness (QED) is 0.322. The zero-order valence-corrected chi connectivity index (χ0v) is 11.2. The van der Waals surface area contributed by atoms with E-state index in [-0.39, 0.29) is 24.9 Å². The predicted molar refractivity (Wildman–Crippen MR) is 66.8 cm³/mol. The van der Waals surface area contributed by atoms with Crippen LogP contribution in [-0.2, 0) is 11.3 Å². The number of amides is 2. The van der Waals surface area contributed by atoms with Crippen LogP contribution < -0.4 is 16.4 Å². The molecule has 3 atom stereocenters. The van der Waals surface area contributed by atoms with Crippen molar-refractivity contribution in [1.29, 1.82) is 0 Å². The fraction of sp³-hybridized carbons (Fsp3) is 0.600. The average Bonchev–Trinajstić information content (AvgIpc) is 2.89. The van der Waals surface area contributed by atoms with Crippen LogP contribution in [0.4, 0.5) is 4.79 Å². The van der Waals surface area contributed by atoms with Crippen LogP contribution in [0.15, 0.2) is 4.42 Å². The normalized spacial score (nSPS) is 15.0. The van der Waals surface area contributed by atoms with Crippen molar-refractivity contribution in [2.45, 2.75) is 31.7 Å². The molecule has 0 aliphatic rings. The maximum atomic E-state index is 11.5. The minimum atomic E-state index is -1.44. The largest absolute Gasteiger partial charge is 0.480 e. The van der Waals surface area contributed by atoms with E-state index in [1.807, 2.05) is 0 Å². The summed E-state index contributed by atoms with van der Waals surface area (Å²) in [7, 11) is 0. The monoisotopic (exact) mass is 303 g/mol. The lowest BCUT2D eigenvalue weighted by molar-refractivity contribution is -0.141. The van der Waals surface area contributed by atoms with E-state index in [0.717, 1.165) is 0 Å². The Morgan fingerprint density at radius 3 is 2.62 bits per heavy atom. The zero-order chi connectivity index (χ0) is 16.0. The smallest absolute Gasteiger partial charge is 0.328 e. The molecule has 1 aromatic heterocycles. The number of hydrogen-bond donors (Lipinski definition) is 6. The number of aliphatic carboxylic acids is 1. The molecule has 118 valence electrons. The topological polar surface area (TPSA) is 184 Å². The molecule has 0 aliphatic carbocycles. The van der Waals surface area contributed by atoms with Gasteiger partial charge in [0, 0.05) is 0 Å². The van der Waals surface area contributed by atoms with Crippen molar-refractivity contribution in [1.82, 2.24) is 20.8 Å². The first kappa shape index (κ1) is 16.8. The number of carbonyl (C=O) groups excluding carboxylic acids is 1. The van der Waals surface area contributed by atoms with Crippen LogP contribution in [0.25, 0.3) is 0 Å². The van der Waals surface area contributed by atoms with Gasteiger partial charge < -0.3 is 36.1 Å². The minimum Gasteiger partial charge on any atom is -0.480 e. The van der Waals surface area contributed by atoms with Crippen LogP contribution >= 0.6 is 0 Å². The number of nitrogens with one attached hydrogen (secondary N) is 2. The standard InChI is InChI=1S/C10H17N5O6/c1-4(17)7(9(18)19)13-10(20)12-2-6-14-15-8(21-6)5(11)3-16/h4-5,7,16-17H,2-3,11H2,1H3,(H,18,19)(H2,12,13,20)/t4?,5-,7?/m0/s1. The van der Waals surface area contributed by atoms with E-state index in [9.17, 15) is 14.7 Å². The molecule has 11 nitrogen and oxygen atoms in total. The second-order valence-corrected chi connectivity index (χ2v) is 4.21. The van der Waals surface area contributed by atoms with Crippen molar-refractivity contribution >= 4 is 12.0 Å². The van der Waals surface area contributed by atoms with Crippen molar-refractivity contribution < 1.29 is 29.3 Å². The van der Waals surface area contributed by atoms with Crippen LogP contribution in [0.2, 0.25) is 0 Å². The van der Waals surface area contributed by atoms with E-state index in [4.69, 9.17) is 20.4 Å². The molecule has 0 saturated heterocycles. The fourth-order valence-corrected chi connectivity index (χ4v) is 1.30. The molecule has 1 aromatic rings. The molecule has 21 heavy (non-hydrogen) atoms. The molecule has 0 bridgehead atoms. The molecule has 1 rings (SSSR count). The van der Waals surface area contributed by atoms with E-state index in [1.165, 1.54) is 6.92 Å². The Morgan fingerprint density at radius 1 is 1.43 bits per heavy atom. The van der Waals surface area contributed by atoms with Crippen LogP contribution in [0.1, 0.15) is 24.7 Å². The summed E-state index contributed by atoms with van der Waals surface area (Å²) in [5.41, 5.74) is 5.46. The van der Waals surface area contributed by atoms with E-state index in [1.54, 1.807) is 0 Å². The van der Waals surface area contributed by atoms with Gasteiger partial charge in [0.25, 0.3) is 0 Å². The Bertz CT molecular complexity index is 490. The summed E-state index contributed by atoms with van der Waals surface area (Å²) in [6.07, 6.45) is -1.26. The molecule has 0 radical (unpaired) electrons. The second-order valence-electron chi connectivity index (χ2n) is 4.21. The van der Waals surface area contributed by atoms with Crippen molar-refractivity contribution in [2.24, 2.45) is 5.73 Å². The number of urea groups is 1. The van der Waals surface area contributed by atoms with Gasteiger partial charge in [-0.2, -0.15) is 0 Å². The van der Waals surface area contributed by atoms with E-state index in [2.05, 4.69) is 20.8 Å². The number of carboxylic acids is 1. The van der Waals surface area contributed by atoms with E-state index in [0.29, 0.717) is 0 Å². The molecular weight excluding hydrogens is 286 g/mol. The molecule has 0 aliphatic heterocycles. The van der Waals surface area contributed by atoms with Gasteiger partial charge >= 0.3 is 12.0 Å². The molecule has 2 unspecified atom stereocenters. The predicted octanol–water partition coefficient (Wildman–Crippen LogP) is -2.31. The summed E-state index contributed by atoms with van der Waals surface area (Å²) in [5, 5.41) is 38.3. The Labute approximate surface area is 119 Å². The maximum absolute atomic E-state index is 11.5. The molecule has 0 saturated carbocycles. The van der Waals surface area contributed by atoms with Gasteiger partial charge in [0.15, 0.2) is 6.04 Å². The summed E-state index contributed by atoms with van der Waals surface area (Å²) < 4.78 is 5.07. The van der Waals surface area contributed by atoms with E-state index >= 15 is 0 Å². The Balaban J connectivity index is 2.49. The first-order valence-corrected chi connectivity index (χ1v) is 5.99. The highest BCUT2D eigenvalue weighted by Crippen LogP contribution is 2.07. The number of rotatable bonds is 7. The van der Waals surface area contributed by atoms with Crippen molar-refractivity contribution in [3.8, 4) is 0 Å². The summed E-state index contributed by atoms with van der Waals surface area (Å²) in [4.78, 5) is 22.3. The lowest BCUT2D eigenvalue weighted by Gasteiger charge is -2.16. The SMILES string of the molecule is CC(O)C(NC(=O)NCc1nnc([C@@H](N)CO)o1)C(=O)O. The number of carboxylic acid groups (broad SMARTS) is 1. The molecule has 2 amide bonds. The van der Waals surface area contributed by atoms with Crippen molar-refractivity contribution in [3.05, 3.63) is 11.8 Å². The van der Waals surface area contributed by atoms with E-state index < -0.39 is 30.2 Å². The van der Waals surface area contributed by atoms with Gasteiger partial charge in [0.05, 0.1) is 19.3 Å². The average molecular weight is 303 g/mol. The van der Waals surface area contributed by atoms with Crippen molar-refractivity contribution in [3.63, 3.8) is 0 Å². The number of hydrogen-bond acceptors (Lipinski definition) is 8. The maximum Gasteiger partial charge on any atom is 0.328 e. The van der Waals surface area contributed by atoms with Crippen molar-refractivity contribution in [2.75, 3.05) is 6.61 Å². The molecule has 0 aromatic carbocycles. The molecule has 11 heteroatoms. The lowest BCUT2D eigenvalue weighted by atomic mass is 10.2. The number of carbonyl (C=O) groups is 2. The lowest BCUT2D eigenvalue weighted by Crippen LogP contribution is -2.51. The van der Waals surface area contributed by atoms with Gasteiger partial charge in [-0.1, -0.05) is 0 Å². The molecular formula is C10H17N5O6. The molecule has 7 N–H and O–H groups in total. The first-order chi connectivity index (χ1) is 9.85. The summed E-state index contributed by atoms with van der Waals surface area (Å²) in [5.74, 6) is -1.32. The van der Waals surface area contributed by atoms with Gasteiger partial charge in [-0.15, -0.1) is 10.2 Å². The highest BCUT2D eigenvalue weighted by molar-refractivity contribution is 5.82. The minimum absolute atomic E-state index is 0.0158. The Hall–Kier alpha value is -2.24. The van der Waals surface area contributed by atoms with Crippen LogP contribution in [-0.4, -0.2) is 56.3 Å². The molecule has 0 spiro atoms. The first-order valence-electron chi connectivity index (χ1n) is 5.99. The van der Waals surface area contributed by atoms with Crippen LogP contribution in [0.5, 0.6) is 0 Å². The van der Waals surface area contributed by atoms with Gasteiger partial charge in [0.1, 0.15) is 6.04 Å². The van der Waals surface area contributed by atoms with Crippen LogP contribution in [0.3, 0.4) is 0 Å². The van der Waals surface area contributed by atoms with Gasteiger partial charge in [0.2, 0.25) is 11.8 Å². The third-order valence-corrected chi connectivity index (χ3v) is 2.43. The number of aromatic nitrogens is 2. The number of aliphatic hydroxyl groups is 2. The van der Waals surface area contributed by atoms with Gasteiger partial charge in [-0.05, 0) is 6.92 Å². The summed E-state index contributed by atoms with van der Waals surface area (Å²) >= 11 is 0. The Morgan fingerprint density at radius 2 is 2.10 bits per heavy atom. The summed E-state index contributed by atoms with van der Waals surface area (Å²) in [6, 6.07) is -3.08. The molecule has 0 fully saturated rings. The Kier molecular flexibility index (Phi) is 6.02. The van der Waals surface area contributed by atoms with Crippen LogP contribution in [0, 0.1) is 0 Å². The molecule has 1 heterocycles.